The molecule has 2 aromatic carbocycles. The average Bonchev–Trinajstić information content (AvgIpc) is 3.10. The van der Waals surface area contributed by atoms with E-state index in [9.17, 15) is 9.59 Å². The van der Waals surface area contributed by atoms with Gasteiger partial charge in [-0.3, -0.25) is 9.59 Å². The van der Waals surface area contributed by atoms with E-state index in [2.05, 4.69) is 26.6 Å². The molecule has 3 aromatic rings. The maximum absolute atomic E-state index is 12.2. The van der Waals surface area contributed by atoms with E-state index < -0.39 is 0 Å². The lowest BCUT2D eigenvalue weighted by molar-refractivity contribution is 0.102. The summed E-state index contributed by atoms with van der Waals surface area (Å²) >= 11 is 4.75. The molecule has 2 N–H and O–H groups in total. The van der Waals surface area contributed by atoms with Gasteiger partial charge in [-0.2, -0.15) is 0 Å². The third-order valence-corrected chi connectivity index (χ3v) is 4.59. The Labute approximate surface area is 151 Å². The summed E-state index contributed by atoms with van der Waals surface area (Å²) in [7, 11) is 0. The molecule has 0 atom stereocenters. The van der Waals surface area contributed by atoms with Crippen LogP contribution in [0.4, 0.5) is 11.4 Å². The topological polar surface area (TPSA) is 58.2 Å². The van der Waals surface area contributed by atoms with Crippen LogP contribution in [0.1, 0.15) is 20.0 Å². The molecule has 0 fully saturated rings. The molecule has 0 spiro atoms. The molecule has 1 aromatic heterocycles. The van der Waals surface area contributed by atoms with Crippen LogP contribution in [-0.4, -0.2) is 11.8 Å². The molecule has 0 bridgehead atoms. The summed E-state index contributed by atoms with van der Waals surface area (Å²) in [4.78, 5) is 24.9. The molecule has 0 aliphatic heterocycles. The number of amides is 2. The summed E-state index contributed by atoms with van der Waals surface area (Å²) in [5.41, 5.74) is 1.88. The van der Waals surface area contributed by atoms with E-state index in [1.54, 1.807) is 30.3 Å². The summed E-state index contributed by atoms with van der Waals surface area (Å²) in [6, 6.07) is 17.8. The first-order chi connectivity index (χ1) is 11.6. The molecule has 1 heterocycles. The van der Waals surface area contributed by atoms with E-state index in [1.807, 2.05) is 35.7 Å². The van der Waals surface area contributed by atoms with Gasteiger partial charge < -0.3 is 10.6 Å². The molecule has 0 saturated carbocycles. The minimum Gasteiger partial charge on any atom is -0.322 e. The van der Waals surface area contributed by atoms with E-state index >= 15 is 0 Å². The van der Waals surface area contributed by atoms with Gasteiger partial charge in [0.15, 0.2) is 0 Å². The van der Waals surface area contributed by atoms with Crippen LogP contribution in [0.2, 0.25) is 0 Å². The average molecular weight is 401 g/mol. The Hall–Kier alpha value is -2.44. The van der Waals surface area contributed by atoms with E-state index in [0.29, 0.717) is 21.8 Å². The third kappa shape index (κ3) is 4.10. The number of thiophene rings is 1. The summed E-state index contributed by atoms with van der Waals surface area (Å²) in [6.45, 7) is 0. The standard InChI is InChI=1S/C18H13BrN2O2S/c19-13-3-1-4-15(11-13)21-17(22)12-6-8-14(9-7-12)20-18(23)16-5-2-10-24-16/h1-11H,(H,20,23)(H,21,22). The fraction of sp³-hybridized carbons (Fsp3) is 0. The maximum atomic E-state index is 12.2. The largest absolute Gasteiger partial charge is 0.322 e. The van der Waals surface area contributed by atoms with Gasteiger partial charge >= 0.3 is 0 Å². The Kier molecular flexibility index (Phi) is 5.08. The highest BCUT2D eigenvalue weighted by Crippen LogP contribution is 2.18. The molecule has 120 valence electrons. The molecule has 0 radical (unpaired) electrons. The predicted octanol–water partition coefficient (Wildman–Crippen LogP) is 5.02. The second-order valence-electron chi connectivity index (χ2n) is 4.97. The monoisotopic (exact) mass is 400 g/mol. The Morgan fingerprint density at radius 3 is 2.25 bits per heavy atom. The normalized spacial score (nSPS) is 10.2. The van der Waals surface area contributed by atoms with Gasteiger partial charge in [0.25, 0.3) is 11.8 Å². The summed E-state index contributed by atoms with van der Waals surface area (Å²) in [5.74, 6) is -0.361. The Balaban J connectivity index is 1.65. The summed E-state index contributed by atoms with van der Waals surface area (Å²) in [5, 5.41) is 7.48. The highest BCUT2D eigenvalue weighted by atomic mass is 79.9. The van der Waals surface area contributed by atoms with Crippen molar-refractivity contribution in [1.29, 1.82) is 0 Å². The van der Waals surface area contributed by atoms with Crippen LogP contribution in [-0.2, 0) is 0 Å². The van der Waals surface area contributed by atoms with Gasteiger partial charge in [-0.15, -0.1) is 11.3 Å². The van der Waals surface area contributed by atoms with Crippen LogP contribution in [0, 0.1) is 0 Å². The number of anilines is 2. The first-order valence-electron chi connectivity index (χ1n) is 7.14. The lowest BCUT2D eigenvalue weighted by atomic mass is 10.2. The molecule has 2 amide bonds. The third-order valence-electron chi connectivity index (χ3n) is 3.23. The first kappa shape index (κ1) is 16.4. The zero-order valence-electron chi connectivity index (χ0n) is 12.5. The molecule has 0 saturated heterocycles. The van der Waals surface area contributed by atoms with Crippen LogP contribution in [0.15, 0.2) is 70.5 Å². The van der Waals surface area contributed by atoms with Crippen molar-refractivity contribution in [3.05, 3.63) is 81.0 Å². The highest BCUT2D eigenvalue weighted by Gasteiger charge is 2.09. The number of hydrogen-bond acceptors (Lipinski definition) is 3. The maximum Gasteiger partial charge on any atom is 0.265 e. The van der Waals surface area contributed by atoms with E-state index in [0.717, 1.165) is 4.47 Å². The number of halogens is 1. The van der Waals surface area contributed by atoms with Gasteiger partial charge in [0.05, 0.1) is 4.88 Å². The second kappa shape index (κ2) is 7.42. The van der Waals surface area contributed by atoms with Gasteiger partial charge in [0.1, 0.15) is 0 Å². The number of carbonyl (C=O) groups is 2. The quantitative estimate of drug-likeness (QED) is 0.645. The minimum absolute atomic E-state index is 0.156. The fourth-order valence-electron chi connectivity index (χ4n) is 2.07. The zero-order chi connectivity index (χ0) is 16.9. The molecule has 3 rings (SSSR count). The smallest absolute Gasteiger partial charge is 0.265 e. The van der Waals surface area contributed by atoms with Gasteiger partial charge in [0.2, 0.25) is 0 Å². The van der Waals surface area contributed by atoms with Gasteiger partial charge in [0, 0.05) is 21.4 Å². The van der Waals surface area contributed by atoms with Crippen molar-refractivity contribution in [3.63, 3.8) is 0 Å². The molecule has 0 unspecified atom stereocenters. The highest BCUT2D eigenvalue weighted by molar-refractivity contribution is 9.10. The van der Waals surface area contributed by atoms with Crippen molar-refractivity contribution in [2.24, 2.45) is 0 Å². The molecular weight excluding hydrogens is 388 g/mol. The first-order valence-corrected chi connectivity index (χ1v) is 8.81. The number of carbonyl (C=O) groups excluding carboxylic acids is 2. The van der Waals surface area contributed by atoms with Crippen LogP contribution in [0.25, 0.3) is 0 Å². The Morgan fingerprint density at radius 1 is 0.833 bits per heavy atom. The number of hydrogen-bond donors (Lipinski definition) is 2. The van der Waals surface area contributed by atoms with E-state index in [1.165, 1.54) is 11.3 Å². The molecular formula is C18H13BrN2O2S. The number of rotatable bonds is 4. The molecule has 24 heavy (non-hydrogen) atoms. The molecule has 0 aliphatic rings. The molecule has 0 aliphatic carbocycles. The second-order valence-corrected chi connectivity index (χ2v) is 6.84. The van der Waals surface area contributed by atoms with Gasteiger partial charge in [-0.25, -0.2) is 0 Å². The SMILES string of the molecule is O=C(Nc1cccc(Br)c1)c1ccc(NC(=O)c2cccs2)cc1. The van der Waals surface area contributed by atoms with Crippen molar-refractivity contribution in [2.45, 2.75) is 0 Å². The minimum atomic E-state index is -0.204. The fourth-order valence-corrected chi connectivity index (χ4v) is 3.09. The van der Waals surface area contributed by atoms with E-state index in [-0.39, 0.29) is 11.8 Å². The lowest BCUT2D eigenvalue weighted by Crippen LogP contribution is -2.13. The molecule has 4 nitrogen and oxygen atoms in total. The van der Waals surface area contributed by atoms with Gasteiger partial charge in [-0.05, 0) is 53.9 Å². The zero-order valence-corrected chi connectivity index (χ0v) is 14.9. The van der Waals surface area contributed by atoms with Crippen molar-refractivity contribution < 1.29 is 9.59 Å². The predicted molar refractivity (Wildman–Crippen MR) is 101 cm³/mol. The number of nitrogens with one attached hydrogen (secondary N) is 2. The van der Waals surface area contributed by atoms with E-state index in [4.69, 9.17) is 0 Å². The van der Waals surface area contributed by atoms with Crippen LogP contribution in [0.3, 0.4) is 0 Å². The van der Waals surface area contributed by atoms with Crippen molar-refractivity contribution in [3.8, 4) is 0 Å². The summed E-state index contributed by atoms with van der Waals surface area (Å²) < 4.78 is 0.895. The van der Waals surface area contributed by atoms with Crippen molar-refractivity contribution in [1.82, 2.24) is 0 Å². The van der Waals surface area contributed by atoms with Crippen molar-refractivity contribution in [2.75, 3.05) is 10.6 Å². The van der Waals surface area contributed by atoms with Crippen LogP contribution >= 0.6 is 27.3 Å². The lowest BCUT2D eigenvalue weighted by Gasteiger charge is -2.07. The Bertz CT molecular complexity index is 861. The van der Waals surface area contributed by atoms with Crippen LogP contribution in [0.5, 0.6) is 0 Å². The van der Waals surface area contributed by atoms with Crippen LogP contribution < -0.4 is 10.6 Å². The van der Waals surface area contributed by atoms with Crippen molar-refractivity contribution >= 4 is 50.5 Å². The molecule has 6 heteroatoms. The number of benzene rings is 2. The van der Waals surface area contributed by atoms with Gasteiger partial charge in [-0.1, -0.05) is 28.1 Å². The summed E-state index contributed by atoms with van der Waals surface area (Å²) in [6.07, 6.45) is 0. The Morgan fingerprint density at radius 2 is 1.58 bits per heavy atom.